The van der Waals surface area contributed by atoms with Crippen molar-refractivity contribution in [2.45, 2.75) is 90.9 Å². The van der Waals surface area contributed by atoms with Crippen molar-refractivity contribution in [3.63, 3.8) is 0 Å². The quantitative estimate of drug-likeness (QED) is 0.269. The van der Waals surface area contributed by atoms with Crippen LogP contribution in [0.15, 0.2) is 0 Å². The number of ether oxygens (including phenoxy) is 2. The van der Waals surface area contributed by atoms with Crippen LogP contribution in [0.2, 0.25) is 52.4 Å². The Hall–Kier alpha value is -1.15. The number of rotatable bonds is 4. The fourth-order valence-corrected chi connectivity index (χ4v) is 20.2. The maximum Gasteiger partial charge on any atom is 0.317 e. The van der Waals surface area contributed by atoms with Crippen LogP contribution in [0, 0.1) is 47.3 Å². The molecule has 8 atom stereocenters. The molecule has 4 saturated carbocycles. The number of carbonyl (C=O) groups is 4. The van der Waals surface area contributed by atoms with E-state index in [1.807, 2.05) is 0 Å². The van der Waals surface area contributed by atoms with Gasteiger partial charge in [-0.25, -0.2) is 0 Å². The first-order valence-corrected chi connectivity index (χ1v) is 23.5. The summed E-state index contributed by atoms with van der Waals surface area (Å²) in [6.45, 7) is 17.6. The third-order valence-electron chi connectivity index (χ3n) is 8.43. The first-order valence-electron chi connectivity index (χ1n) is 13.9. The molecule has 6 aliphatic rings. The highest BCUT2D eigenvalue weighted by molar-refractivity contribution is 6.87. The Morgan fingerprint density at radius 2 is 0.757 bits per heavy atom. The average molecular weight is 569 g/mol. The molecule has 0 aromatic rings. The van der Waals surface area contributed by atoms with E-state index in [4.69, 9.17) is 8.23 Å². The third kappa shape index (κ3) is 6.37. The molecule has 0 spiro atoms. The molecular formula is C26H44O8Si3. The fourth-order valence-electron chi connectivity index (χ4n) is 7.91. The minimum Gasteiger partial charge on any atom is -0.437 e. The molecule has 6 rings (SSSR count). The van der Waals surface area contributed by atoms with Gasteiger partial charge in [-0.1, -0.05) is 0 Å². The Balaban J connectivity index is 0.000000130. The van der Waals surface area contributed by atoms with Crippen LogP contribution in [0.1, 0.15) is 38.5 Å². The van der Waals surface area contributed by atoms with Crippen LogP contribution in [0.4, 0.5) is 0 Å². The molecular weight excluding hydrogens is 525 g/mol. The van der Waals surface area contributed by atoms with Gasteiger partial charge in [0.15, 0.2) is 16.6 Å². The first kappa shape index (κ1) is 28.8. The Bertz CT molecular complexity index is 826. The lowest BCUT2D eigenvalue weighted by Crippen LogP contribution is -2.50. The molecule has 2 heterocycles. The van der Waals surface area contributed by atoms with Crippen LogP contribution in [0.25, 0.3) is 0 Å². The van der Waals surface area contributed by atoms with E-state index >= 15 is 0 Å². The Morgan fingerprint density at radius 1 is 0.514 bits per heavy atom. The number of carbonyl (C=O) groups excluding carboxylic acids is 4. The molecule has 2 aliphatic heterocycles. The number of hydrogen-bond acceptors (Lipinski definition) is 8. The normalized spacial score (nSPS) is 37.4. The highest BCUT2D eigenvalue weighted by Gasteiger charge is 2.60. The van der Waals surface area contributed by atoms with Crippen molar-refractivity contribution in [3.05, 3.63) is 0 Å². The Morgan fingerprint density at radius 3 is 0.973 bits per heavy atom. The molecule has 6 fully saturated rings. The minimum atomic E-state index is -1.85. The lowest BCUT2D eigenvalue weighted by atomic mass is 9.81. The molecule has 37 heavy (non-hydrogen) atoms. The summed E-state index contributed by atoms with van der Waals surface area (Å²) in [5.74, 6) is 0.583. The van der Waals surface area contributed by atoms with Crippen LogP contribution in [0.5, 0.6) is 0 Å². The van der Waals surface area contributed by atoms with Gasteiger partial charge in [0.25, 0.3) is 0 Å². The van der Waals surface area contributed by atoms with Gasteiger partial charge >= 0.3 is 32.4 Å². The van der Waals surface area contributed by atoms with Gasteiger partial charge in [0, 0.05) is 0 Å². The number of fused-ring (bicyclic) bond motifs is 10. The molecule has 0 N–H and O–H groups in total. The third-order valence-corrected chi connectivity index (χ3v) is 17.3. The van der Waals surface area contributed by atoms with Crippen molar-refractivity contribution in [1.29, 1.82) is 0 Å². The molecule has 8 nitrogen and oxygen atoms in total. The van der Waals surface area contributed by atoms with Gasteiger partial charge in [0.1, 0.15) is 0 Å². The standard InChI is InChI=1S/2C9H10O3.C8H24O2Si3/c2*10-8-6-4-1-2-5(3-4)7(6)9(11)12-8;1-11(2,3)9-13(7,8)10-12(4,5)6/h2*4-7H,1-3H2;1-8H3. The van der Waals surface area contributed by atoms with E-state index in [0.717, 1.165) is 38.5 Å². The predicted octanol–water partition coefficient (Wildman–Crippen LogP) is 4.86. The van der Waals surface area contributed by atoms with Crippen LogP contribution in [-0.2, 0) is 36.9 Å². The lowest BCUT2D eigenvalue weighted by Gasteiger charge is -2.35. The van der Waals surface area contributed by atoms with Crippen LogP contribution in [0.3, 0.4) is 0 Å². The molecule has 0 aromatic carbocycles. The van der Waals surface area contributed by atoms with Gasteiger partial charge < -0.3 is 17.7 Å². The SMILES string of the molecule is C[Si](C)(C)O[Si](C)(C)O[Si](C)(C)C.O=C1OC(=O)C2C3CCC(C3)C12.O=C1OC(=O)C2C3CCC(C3)C12. The molecule has 0 amide bonds. The summed E-state index contributed by atoms with van der Waals surface area (Å²) >= 11 is 0. The van der Waals surface area contributed by atoms with Crippen molar-refractivity contribution in [3.8, 4) is 0 Å². The second-order valence-electron chi connectivity index (χ2n) is 14.1. The Labute approximate surface area is 224 Å². The number of cyclic esters (lactones) is 4. The zero-order valence-corrected chi connectivity index (χ0v) is 26.6. The second-order valence-corrected chi connectivity index (χ2v) is 27.0. The van der Waals surface area contributed by atoms with Crippen molar-refractivity contribution in [2.75, 3.05) is 0 Å². The summed E-state index contributed by atoms with van der Waals surface area (Å²) in [4.78, 5) is 44.9. The number of hydrogen-bond donors (Lipinski definition) is 0. The predicted molar refractivity (Wildman–Crippen MR) is 144 cm³/mol. The van der Waals surface area contributed by atoms with Gasteiger partial charge in [0.2, 0.25) is 0 Å². The van der Waals surface area contributed by atoms with E-state index in [-0.39, 0.29) is 47.5 Å². The molecule has 0 radical (unpaired) electrons. The van der Waals surface area contributed by atoms with E-state index < -0.39 is 25.2 Å². The fraction of sp³-hybridized carbons (Fsp3) is 0.846. The number of esters is 4. The maximum atomic E-state index is 11.2. The molecule has 2 saturated heterocycles. The monoisotopic (exact) mass is 568 g/mol. The van der Waals surface area contributed by atoms with Crippen LogP contribution < -0.4 is 0 Å². The summed E-state index contributed by atoms with van der Waals surface area (Å²) < 4.78 is 21.4. The summed E-state index contributed by atoms with van der Waals surface area (Å²) in [6.07, 6.45) is 6.64. The van der Waals surface area contributed by atoms with Gasteiger partial charge in [0.05, 0.1) is 23.7 Å². The highest BCUT2D eigenvalue weighted by atomic mass is 28.5. The minimum absolute atomic E-state index is 0.0590. The Kier molecular flexibility index (Phi) is 7.88. The van der Waals surface area contributed by atoms with E-state index in [0.29, 0.717) is 23.7 Å². The van der Waals surface area contributed by atoms with E-state index in [1.165, 1.54) is 0 Å². The smallest absolute Gasteiger partial charge is 0.317 e. The second kappa shape index (κ2) is 10.1. The zero-order chi connectivity index (χ0) is 27.5. The molecule has 4 aliphatic carbocycles. The highest BCUT2D eigenvalue weighted by Crippen LogP contribution is 2.56. The topological polar surface area (TPSA) is 105 Å². The zero-order valence-electron chi connectivity index (χ0n) is 23.6. The molecule has 8 unspecified atom stereocenters. The summed E-state index contributed by atoms with van der Waals surface area (Å²) in [5.41, 5.74) is 0. The first-order chi connectivity index (χ1) is 17.0. The van der Waals surface area contributed by atoms with Crippen molar-refractivity contribution >= 4 is 49.1 Å². The van der Waals surface area contributed by atoms with Gasteiger partial charge in [-0.3, -0.25) is 19.2 Å². The van der Waals surface area contributed by atoms with Crippen molar-refractivity contribution in [2.24, 2.45) is 47.3 Å². The molecule has 11 heteroatoms. The molecule has 208 valence electrons. The van der Waals surface area contributed by atoms with E-state index in [1.54, 1.807) is 0 Å². The largest absolute Gasteiger partial charge is 0.437 e. The van der Waals surface area contributed by atoms with Gasteiger partial charge in [-0.15, -0.1) is 0 Å². The average Bonchev–Trinajstić information content (AvgIpc) is 3.52. The van der Waals surface area contributed by atoms with Gasteiger partial charge in [-0.05, 0) is 115 Å². The van der Waals surface area contributed by atoms with E-state index in [9.17, 15) is 19.2 Å². The lowest BCUT2D eigenvalue weighted by molar-refractivity contribution is -0.156. The molecule has 4 bridgehead atoms. The van der Waals surface area contributed by atoms with Gasteiger partial charge in [-0.2, -0.15) is 0 Å². The maximum absolute atomic E-state index is 11.2. The summed E-state index contributed by atoms with van der Waals surface area (Å²) in [6, 6.07) is 0. The van der Waals surface area contributed by atoms with Crippen molar-refractivity contribution < 1.29 is 36.9 Å². The summed E-state index contributed by atoms with van der Waals surface area (Å²) in [5, 5.41) is 0. The van der Waals surface area contributed by atoms with Crippen LogP contribution in [-0.4, -0.2) is 49.1 Å². The summed E-state index contributed by atoms with van der Waals surface area (Å²) in [7, 11) is -4.72. The van der Waals surface area contributed by atoms with Crippen molar-refractivity contribution in [1.82, 2.24) is 0 Å². The molecule has 0 aromatic heterocycles. The van der Waals surface area contributed by atoms with Crippen LogP contribution >= 0.6 is 0 Å². The van der Waals surface area contributed by atoms with E-state index in [2.05, 4.69) is 61.8 Å².